The fraction of sp³-hybridized carbons (Fsp3) is 0.455. The highest BCUT2D eigenvalue weighted by molar-refractivity contribution is 6.29. The van der Waals surface area contributed by atoms with Gasteiger partial charge < -0.3 is 9.73 Å². The van der Waals surface area contributed by atoms with Crippen LogP contribution in [0, 0.1) is 0 Å². The molecule has 1 N–H and O–H groups in total. The Hall–Kier alpha value is -0.730. The first-order valence-corrected chi connectivity index (χ1v) is 5.14. The third kappa shape index (κ3) is 2.89. The van der Waals surface area contributed by atoms with Crippen LogP contribution in [0.2, 0.25) is 5.22 Å². The summed E-state index contributed by atoms with van der Waals surface area (Å²) in [5.74, 6) is 0. The van der Waals surface area contributed by atoms with E-state index in [1.807, 2.05) is 6.07 Å². The van der Waals surface area contributed by atoms with Crippen LogP contribution in [-0.4, -0.2) is 6.54 Å². The summed E-state index contributed by atoms with van der Waals surface area (Å²) in [6.45, 7) is 7.10. The first-order chi connectivity index (χ1) is 6.65. The Morgan fingerprint density at radius 3 is 2.79 bits per heavy atom. The van der Waals surface area contributed by atoms with Crippen LogP contribution in [0.4, 0.5) is 0 Å². The molecule has 0 aliphatic rings. The summed E-state index contributed by atoms with van der Waals surface area (Å²) >= 11 is 5.92. The first kappa shape index (κ1) is 11.3. The van der Waals surface area contributed by atoms with Crippen LogP contribution in [-0.2, 0) is 0 Å². The second-order valence-corrected chi connectivity index (χ2v) is 3.77. The van der Waals surface area contributed by atoms with Crippen molar-refractivity contribution in [3.8, 4) is 0 Å². The van der Waals surface area contributed by atoms with E-state index in [2.05, 4.69) is 32.2 Å². The van der Waals surface area contributed by atoms with Crippen molar-refractivity contribution < 1.29 is 4.42 Å². The molecule has 14 heavy (non-hydrogen) atoms. The smallest absolute Gasteiger partial charge is 0.198 e. The van der Waals surface area contributed by atoms with E-state index in [1.54, 1.807) is 6.26 Å². The van der Waals surface area contributed by atoms with Crippen LogP contribution in [0.5, 0.6) is 0 Å². The molecule has 0 spiro atoms. The van der Waals surface area contributed by atoms with Crippen LogP contribution in [0.15, 0.2) is 28.4 Å². The van der Waals surface area contributed by atoms with E-state index in [9.17, 15) is 0 Å². The van der Waals surface area contributed by atoms with Gasteiger partial charge in [0.25, 0.3) is 0 Å². The fourth-order valence-electron chi connectivity index (χ4n) is 1.34. The van der Waals surface area contributed by atoms with E-state index in [0.717, 1.165) is 12.1 Å². The molecule has 0 fully saturated rings. The lowest BCUT2D eigenvalue weighted by atomic mass is 10.1. The number of hydrogen-bond donors (Lipinski definition) is 1. The summed E-state index contributed by atoms with van der Waals surface area (Å²) in [6.07, 6.45) is 3.75. The van der Waals surface area contributed by atoms with Gasteiger partial charge in [0.05, 0.1) is 12.3 Å². The lowest BCUT2D eigenvalue weighted by Crippen LogP contribution is -2.18. The Labute approximate surface area is 89.9 Å². The molecular weight excluding hydrogens is 198 g/mol. The van der Waals surface area contributed by atoms with Crippen LogP contribution in [0.1, 0.15) is 32.4 Å². The Morgan fingerprint density at radius 2 is 2.36 bits per heavy atom. The molecule has 1 unspecified atom stereocenters. The molecule has 1 atom stereocenters. The van der Waals surface area contributed by atoms with Crippen molar-refractivity contribution in [1.29, 1.82) is 0 Å². The van der Waals surface area contributed by atoms with Crippen LogP contribution in [0.3, 0.4) is 0 Å². The highest BCUT2D eigenvalue weighted by Crippen LogP contribution is 2.25. The quantitative estimate of drug-likeness (QED) is 0.774. The van der Waals surface area contributed by atoms with Gasteiger partial charge in [-0.25, -0.2) is 0 Å². The van der Waals surface area contributed by atoms with Gasteiger partial charge >= 0.3 is 0 Å². The number of nitrogens with one attached hydrogen (secondary N) is 1. The van der Waals surface area contributed by atoms with Crippen LogP contribution in [0.25, 0.3) is 0 Å². The molecule has 0 amide bonds. The monoisotopic (exact) mass is 213 g/mol. The van der Waals surface area contributed by atoms with Gasteiger partial charge in [0.2, 0.25) is 0 Å². The summed E-state index contributed by atoms with van der Waals surface area (Å²) < 4.78 is 5.07. The number of hydrogen-bond acceptors (Lipinski definition) is 2. The van der Waals surface area contributed by atoms with Gasteiger partial charge in [-0.2, -0.15) is 0 Å². The molecule has 0 saturated heterocycles. The van der Waals surface area contributed by atoms with E-state index in [4.69, 9.17) is 16.0 Å². The summed E-state index contributed by atoms with van der Waals surface area (Å²) in [7, 11) is 0. The second-order valence-electron chi connectivity index (χ2n) is 3.43. The highest BCUT2D eigenvalue weighted by atomic mass is 35.5. The summed E-state index contributed by atoms with van der Waals surface area (Å²) in [4.78, 5) is 0. The minimum atomic E-state index is 0.149. The molecule has 0 aliphatic carbocycles. The third-order valence-corrected chi connectivity index (χ3v) is 2.21. The minimum absolute atomic E-state index is 0.149. The normalized spacial score (nSPS) is 12.6. The standard InChI is InChI=1S/C11H16ClNO/c1-4-13-10(7-8(2)3)9-5-6-14-11(9)12/h5-7,10,13H,4H2,1-3H3. The van der Waals surface area contributed by atoms with Gasteiger partial charge in [0, 0.05) is 5.56 Å². The van der Waals surface area contributed by atoms with Crippen LogP contribution >= 0.6 is 11.6 Å². The van der Waals surface area contributed by atoms with E-state index < -0.39 is 0 Å². The molecule has 0 aliphatic heterocycles. The minimum Gasteiger partial charge on any atom is -0.453 e. The van der Waals surface area contributed by atoms with Crippen molar-refractivity contribution >= 4 is 11.6 Å². The molecule has 1 heterocycles. The number of furan rings is 1. The van der Waals surface area contributed by atoms with E-state index in [0.29, 0.717) is 5.22 Å². The van der Waals surface area contributed by atoms with Gasteiger partial charge in [-0.15, -0.1) is 0 Å². The van der Waals surface area contributed by atoms with Crippen molar-refractivity contribution in [2.75, 3.05) is 6.54 Å². The molecule has 0 aromatic carbocycles. The SMILES string of the molecule is CCNC(C=C(C)C)c1ccoc1Cl. The van der Waals surface area contributed by atoms with Gasteiger partial charge in [-0.1, -0.05) is 18.6 Å². The highest BCUT2D eigenvalue weighted by Gasteiger charge is 2.12. The number of halogens is 1. The molecule has 1 aromatic heterocycles. The Bertz CT molecular complexity index is 313. The van der Waals surface area contributed by atoms with Gasteiger partial charge in [0.1, 0.15) is 0 Å². The van der Waals surface area contributed by atoms with Gasteiger partial charge in [-0.3, -0.25) is 0 Å². The first-order valence-electron chi connectivity index (χ1n) is 4.76. The lowest BCUT2D eigenvalue weighted by Gasteiger charge is -2.12. The Kier molecular flexibility index (Phi) is 4.23. The molecule has 1 rings (SSSR count). The molecular formula is C11H16ClNO. The maximum atomic E-state index is 5.92. The third-order valence-electron chi connectivity index (χ3n) is 1.91. The van der Waals surface area contributed by atoms with E-state index in [-0.39, 0.29) is 6.04 Å². The molecule has 0 bridgehead atoms. The molecule has 0 saturated carbocycles. The average molecular weight is 214 g/mol. The van der Waals surface area contributed by atoms with Gasteiger partial charge in [-0.05, 0) is 38.1 Å². The zero-order valence-corrected chi connectivity index (χ0v) is 9.56. The van der Waals surface area contributed by atoms with Crippen molar-refractivity contribution in [2.45, 2.75) is 26.8 Å². The molecule has 1 aromatic rings. The number of rotatable bonds is 4. The Balaban J connectivity index is 2.88. The van der Waals surface area contributed by atoms with Crippen molar-refractivity contribution in [2.24, 2.45) is 0 Å². The summed E-state index contributed by atoms with van der Waals surface area (Å²) in [5, 5.41) is 3.80. The van der Waals surface area contributed by atoms with Crippen LogP contribution < -0.4 is 5.32 Å². The van der Waals surface area contributed by atoms with E-state index >= 15 is 0 Å². The van der Waals surface area contributed by atoms with Crippen molar-refractivity contribution in [3.63, 3.8) is 0 Å². The average Bonchev–Trinajstić information content (AvgIpc) is 2.50. The predicted molar refractivity (Wildman–Crippen MR) is 59.6 cm³/mol. The fourth-order valence-corrected chi connectivity index (χ4v) is 1.57. The zero-order valence-electron chi connectivity index (χ0n) is 8.80. The summed E-state index contributed by atoms with van der Waals surface area (Å²) in [5.41, 5.74) is 2.25. The Morgan fingerprint density at radius 1 is 1.64 bits per heavy atom. The maximum absolute atomic E-state index is 5.92. The number of likely N-dealkylation sites (N-methyl/N-ethyl adjacent to an activating group) is 1. The molecule has 2 nitrogen and oxygen atoms in total. The predicted octanol–water partition coefficient (Wildman–Crippen LogP) is 3.55. The maximum Gasteiger partial charge on any atom is 0.198 e. The molecule has 78 valence electrons. The zero-order chi connectivity index (χ0) is 10.6. The number of allylic oxidation sites excluding steroid dienone is 1. The lowest BCUT2D eigenvalue weighted by molar-refractivity contribution is 0.557. The summed E-state index contributed by atoms with van der Waals surface area (Å²) in [6, 6.07) is 2.05. The second kappa shape index (κ2) is 5.23. The molecule has 3 heteroatoms. The van der Waals surface area contributed by atoms with Gasteiger partial charge in [0.15, 0.2) is 5.22 Å². The largest absolute Gasteiger partial charge is 0.453 e. The van der Waals surface area contributed by atoms with E-state index in [1.165, 1.54) is 5.57 Å². The van der Waals surface area contributed by atoms with Crippen molar-refractivity contribution in [3.05, 3.63) is 34.8 Å². The molecule has 0 radical (unpaired) electrons. The van der Waals surface area contributed by atoms with Crippen molar-refractivity contribution in [1.82, 2.24) is 5.32 Å². The topological polar surface area (TPSA) is 25.2 Å².